The molecule has 1 aliphatic rings. The van der Waals surface area contributed by atoms with Crippen molar-refractivity contribution in [3.63, 3.8) is 0 Å². The Morgan fingerprint density at radius 1 is 1.42 bits per heavy atom. The molecule has 0 spiro atoms. The molecule has 0 saturated carbocycles. The van der Waals surface area contributed by atoms with Crippen LogP contribution in [0.3, 0.4) is 0 Å². The normalized spacial score (nSPS) is 20.4. The number of carbonyl (C=O) groups excluding carboxylic acids is 1. The number of nitrogens with zero attached hydrogens (tertiary/aromatic N) is 2. The van der Waals surface area contributed by atoms with Crippen LogP contribution in [0.1, 0.15) is 31.7 Å². The fourth-order valence-electron chi connectivity index (χ4n) is 2.38. The molecule has 1 aromatic rings. The first kappa shape index (κ1) is 13.8. The summed E-state index contributed by atoms with van der Waals surface area (Å²) in [5.41, 5.74) is -0.731. The molecule has 19 heavy (non-hydrogen) atoms. The Kier molecular flexibility index (Phi) is 3.78. The standard InChI is InChI=1S/C13H15F3N2O/c1-9(19)11-4-2-3-7-18(11)12-8-10(5-6-17-12)13(14,15)16/h5-6,8,11H,2-4,7H2,1H3. The van der Waals surface area contributed by atoms with E-state index in [0.29, 0.717) is 13.0 Å². The largest absolute Gasteiger partial charge is 0.416 e. The summed E-state index contributed by atoms with van der Waals surface area (Å²) < 4.78 is 38.0. The first-order valence-electron chi connectivity index (χ1n) is 6.20. The summed E-state index contributed by atoms with van der Waals surface area (Å²) in [4.78, 5) is 17.2. The maximum absolute atomic E-state index is 12.7. The van der Waals surface area contributed by atoms with E-state index in [-0.39, 0.29) is 17.6 Å². The Morgan fingerprint density at radius 3 is 2.79 bits per heavy atom. The molecule has 3 nitrogen and oxygen atoms in total. The Hall–Kier alpha value is -1.59. The van der Waals surface area contributed by atoms with E-state index in [1.54, 1.807) is 4.90 Å². The van der Waals surface area contributed by atoms with Crippen LogP contribution in [0.15, 0.2) is 18.3 Å². The molecular weight excluding hydrogens is 257 g/mol. The van der Waals surface area contributed by atoms with Crippen molar-refractivity contribution in [3.05, 3.63) is 23.9 Å². The Bertz CT molecular complexity index is 473. The van der Waals surface area contributed by atoms with Crippen molar-refractivity contribution in [1.82, 2.24) is 4.98 Å². The second kappa shape index (κ2) is 5.19. The number of anilines is 1. The lowest BCUT2D eigenvalue weighted by Gasteiger charge is -2.35. The third kappa shape index (κ3) is 3.05. The Balaban J connectivity index is 2.32. The number of pyridine rings is 1. The van der Waals surface area contributed by atoms with Crippen LogP contribution in [0.25, 0.3) is 0 Å². The van der Waals surface area contributed by atoms with Gasteiger partial charge < -0.3 is 4.90 Å². The number of hydrogen-bond donors (Lipinski definition) is 0. The van der Waals surface area contributed by atoms with Gasteiger partial charge in [0.1, 0.15) is 5.82 Å². The molecule has 0 aliphatic carbocycles. The van der Waals surface area contributed by atoms with Crippen LogP contribution in [0.2, 0.25) is 0 Å². The van der Waals surface area contributed by atoms with Gasteiger partial charge in [0.05, 0.1) is 11.6 Å². The van der Waals surface area contributed by atoms with Gasteiger partial charge in [0.2, 0.25) is 0 Å². The van der Waals surface area contributed by atoms with Gasteiger partial charge in [-0.1, -0.05) is 0 Å². The van der Waals surface area contributed by atoms with Gasteiger partial charge in [-0.05, 0) is 38.3 Å². The van der Waals surface area contributed by atoms with Gasteiger partial charge in [-0.2, -0.15) is 13.2 Å². The Morgan fingerprint density at radius 2 is 2.16 bits per heavy atom. The number of aromatic nitrogens is 1. The molecule has 0 amide bonds. The van der Waals surface area contributed by atoms with Crippen molar-refractivity contribution >= 4 is 11.6 Å². The first-order chi connectivity index (χ1) is 8.89. The zero-order valence-corrected chi connectivity index (χ0v) is 10.6. The smallest absolute Gasteiger partial charge is 0.347 e. The van der Waals surface area contributed by atoms with Gasteiger partial charge in [-0.3, -0.25) is 4.79 Å². The third-order valence-corrected chi connectivity index (χ3v) is 3.34. The number of Topliss-reactive ketones (excluding diaryl/α,β-unsaturated/α-hetero) is 1. The highest BCUT2D eigenvalue weighted by atomic mass is 19.4. The molecule has 0 radical (unpaired) electrons. The highest BCUT2D eigenvalue weighted by Gasteiger charge is 2.33. The van der Waals surface area contributed by atoms with Gasteiger partial charge >= 0.3 is 6.18 Å². The number of piperidine rings is 1. The number of hydrogen-bond acceptors (Lipinski definition) is 3. The van der Waals surface area contributed by atoms with E-state index >= 15 is 0 Å². The van der Waals surface area contributed by atoms with Gasteiger partial charge in [0, 0.05) is 12.7 Å². The lowest BCUT2D eigenvalue weighted by atomic mass is 9.99. The summed E-state index contributed by atoms with van der Waals surface area (Å²) in [6.07, 6.45) is -0.794. The minimum atomic E-state index is -4.39. The third-order valence-electron chi connectivity index (χ3n) is 3.34. The molecule has 2 rings (SSSR count). The van der Waals surface area contributed by atoms with Crippen LogP contribution >= 0.6 is 0 Å². The summed E-state index contributed by atoms with van der Waals surface area (Å²) in [6.45, 7) is 2.04. The average molecular weight is 272 g/mol. The molecule has 1 aromatic heterocycles. The van der Waals surface area contributed by atoms with Crippen LogP contribution in [0, 0.1) is 0 Å². The minimum Gasteiger partial charge on any atom is -0.347 e. The fourth-order valence-corrected chi connectivity index (χ4v) is 2.38. The van der Waals surface area contributed by atoms with Crippen molar-refractivity contribution in [2.45, 2.75) is 38.4 Å². The number of ketones is 1. The molecule has 0 bridgehead atoms. The van der Waals surface area contributed by atoms with Crippen LogP contribution < -0.4 is 4.90 Å². The SMILES string of the molecule is CC(=O)C1CCCCN1c1cc(C(F)(F)F)ccn1. The van der Waals surface area contributed by atoms with Gasteiger partial charge in [0.25, 0.3) is 0 Å². The highest BCUT2D eigenvalue weighted by Crippen LogP contribution is 2.32. The molecule has 1 saturated heterocycles. The quantitative estimate of drug-likeness (QED) is 0.829. The summed E-state index contributed by atoms with van der Waals surface area (Å²) in [5, 5.41) is 0. The molecule has 1 fully saturated rings. The van der Waals surface area contributed by atoms with E-state index in [0.717, 1.165) is 31.2 Å². The predicted molar refractivity (Wildman–Crippen MR) is 64.9 cm³/mol. The van der Waals surface area contributed by atoms with Crippen LogP contribution in [-0.4, -0.2) is 23.4 Å². The van der Waals surface area contributed by atoms with Gasteiger partial charge in [0.15, 0.2) is 5.78 Å². The maximum atomic E-state index is 12.7. The minimum absolute atomic E-state index is 0.0288. The molecule has 2 heterocycles. The van der Waals surface area contributed by atoms with Crippen LogP contribution in [0.4, 0.5) is 19.0 Å². The molecule has 1 atom stereocenters. The number of alkyl halides is 3. The number of rotatable bonds is 2. The second-order valence-corrected chi connectivity index (χ2v) is 4.72. The number of halogens is 3. The Labute approximate surface area is 109 Å². The van der Waals surface area contributed by atoms with Crippen molar-refractivity contribution < 1.29 is 18.0 Å². The van der Waals surface area contributed by atoms with Crippen molar-refractivity contribution in [1.29, 1.82) is 0 Å². The maximum Gasteiger partial charge on any atom is 0.416 e. The molecule has 0 aromatic carbocycles. The van der Waals surface area contributed by atoms with E-state index in [2.05, 4.69) is 4.98 Å². The van der Waals surface area contributed by atoms with E-state index in [9.17, 15) is 18.0 Å². The summed E-state index contributed by atoms with van der Waals surface area (Å²) in [6, 6.07) is 1.60. The zero-order valence-electron chi connectivity index (χ0n) is 10.6. The van der Waals surface area contributed by atoms with Crippen LogP contribution in [-0.2, 0) is 11.0 Å². The number of carbonyl (C=O) groups is 1. The molecule has 1 unspecified atom stereocenters. The topological polar surface area (TPSA) is 33.2 Å². The van der Waals surface area contributed by atoms with Crippen molar-refractivity contribution in [2.75, 3.05) is 11.4 Å². The lowest BCUT2D eigenvalue weighted by molar-refractivity contribution is -0.137. The van der Waals surface area contributed by atoms with Gasteiger partial charge in [-0.15, -0.1) is 0 Å². The highest BCUT2D eigenvalue weighted by molar-refractivity contribution is 5.84. The molecule has 6 heteroatoms. The lowest BCUT2D eigenvalue weighted by Crippen LogP contribution is -2.44. The molecular formula is C13H15F3N2O. The zero-order chi connectivity index (χ0) is 14.0. The monoisotopic (exact) mass is 272 g/mol. The second-order valence-electron chi connectivity index (χ2n) is 4.72. The van der Waals surface area contributed by atoms with E-state index < -0.39 is 11.7 Å². The van der Waals surface area contributed by atoms with E-state index in [1.165, 1.54) is 6.92 Å². The molecule has 1 aliphatic heterocycles. The summed E-state index contributed by atoms with van der Waals surface area (Å²) in [7, 11) is 0. The fraction of sp³-hybridized carbons (Fsp3) is 0.538. The van der Waals surface area contributed by atoms with E-state index in [1.807, 2.05) is 0 Å². The van der Waals surface area contributed by atoms with Crippen molar-refractivity contribution in [3.8, 4) is 0 Å². The van der Waals surface area contributed by atoms with Gasteiger partial charge in [-0.25, -0.2) is 4.98 Å². The van der Waals surface area contributed by atoms with Crippen molar-refractivity contribution in [2.24, 2.45) is 0 Å². The molecule has 0 N–H and O–H groups in total. The predicted octanol–water partition coefficient (Wildman–Crippen LogP) is 3.05. The van der Waals surface area contributed by atoms with Crippen LogP contribution in [0.5, 0.6) is 0 Å². The summed E-state index contributed by atoms with van der Waals surface area (Å²) >= 11 is 0. The molecule has 104 valence electrons. The summed E-state index contributed by atoms with van der Waals surface area (Å²) in [5.74, 6) is 0.202. The van der Waals surface area contributed by atoms with E-state index in [4.69, 9.17) is 0 Å². The first-order valence-corrected chi connectivity index (χ1v) is 6.20. The average Bonchev–Trinajstić information content (AvgIpc) is 2.38.